The van der Waals surface area contributed by atoms with Gasteiger partial charge in [-0.15, -0.1) is 0 Å². The summed E-state index contributed by atoms with van der Waals surface area (Å²) in [6, 6.07) is 0. The van der Waals surface area contributed by atoms with Crippen molar-refractivity contribution in [3.05, 3.63) is 0 Å². The molecule has 0 amide bonds. The van der Waals surface area contributed by atoms with Gasteiger partial charge in [-0.25, -0.2) is 0 Å². The summed E-state index contributed by atoms with van der Waals surface area (Å²) >= 11 is 10.2. The Morgan fingerprint density at radius 3 is 1.50 bits per heavy atom. The molecule has 0 spiro atoms. The summed E-state index contributed by atoms with van der Waals surface area (Å²) in [5.74, 6) is 0. The zero-order valence-corrected chi connectivity index (χ0v) is 5.50. The Bertz CT molecular complexity index is 8.75. The van der Waals surface area contributed by atoms with Gasteiger partial charge in [-0.05, 0) is 0 Å². The molecule has 0 aliphatic heterocycles. The molecule has 0 aliphatic carbocycles. The van der Waals surface area contributed by atoms with Gasteiger partial charge in [-0.3, -0.25) is 0 Å². The molecule has 0 aliphatic rings. The van der Waals surface area contributed by atoms with Crippen molar-refractivity contribution in [1.82, 2.24) is 0 Å². The second kappa shape index (κ2) is 2.26. The monoisotopic (exact) mass is 127 g/mol. The van der Waals surface area contributed by atoms with Crippen molar-refractivity contribution in [1.29, 1.82) is 0 Å². The second-order valence-corrected chi connectivity index (χ2v) is 8.12. The lowest BCUT2D eigenvalue weighted by atomic mass is 27.0. The molecule has 4 heteroatoms. The quantitative estimate of drug-likeness (QED) is 0.326. The van der Waals surface area contributed by atoms with Crippen LogP contribution in [0.15, 0.2) is 0 Å². The van der Waals surface area contributed by atoms with Crippen LogP contribution in [0.5, 0.6) is 0 Å². The summed E-state index contributed by atoms with van der Waals surface area (Å²) in [6.07, 6.45) is 0. The highest BCUT2D eigenvalue weighted by atomic mass is 35.7. The van der Waals surface area contributed by atoms with Gasteiger partial charge in [-0.2, -0.15) is 22.2 Å². The molecule has 0 saturated heterocycles. The molecule has 0 fully saturated rings. The molecule has 23 valence electrons. The van der Waals surface area contributed by atoms with E-state index in [2.05, 4.69) is 9.76 Å². The van der Waals surface area contributed by atoms with Crippen LogP contribution in [-0.2, 0) is 0 Å². The van der Waals surface area contributed by atoms with Gasteiger partial charge in [0, 0.05) is 0 Å². The Morgan fingerprint density at radius 1 is 1.50 bits per heavy atom. The average Bonchev–Trinajstić information content (AvgIpc) is 0.811. The molecule has 0 aromatic carbocycles. The van der Waals surface area contributed by atoms with E-state index >= 15 is 0 Å². The van der Waals surface area contributed by atoms with E-state index < -0.39 is 6.93 Å². The maximum Gasteiger partial charge on any atom is 0.216 e. The minimum Gasteiger partial charge on any atom is -0.155 e. The molecule has 0 bridgehead atoms. The van der Waals surface area contributed by atoms with Gasteiger partial charge in [0.2, 0.25) is 6.93 Å². The SMILES string of the molecule is [Si][SiH](Cl)Cl. The van der Waals surface area contributed by atoms with Crippen LogP contribution >= 0.6 is 22.2 Å². The molecule has 0 unspecified atom stereocenters. The summed E-state index contributed by atoms with van der Waals surface area (Å²) in [4.78, 5) is 0. The third-order valence-electron chi connectivity index (χ3n) is 0. The molecule has 4 heavy (non-hydrogen) atoms. The molecular formula is HCl2Si2. The fraction of sp³-hybridized carbons (Fsp3) is 0. The number of hydrogen-bond donors (Lipinski definition) is 0. The van der Waals surface area contributed by atoms with Crippen molar-refractivity contribution in [3.8, 4) is 0 Å². The second-order valence-electron chi connectivity index (χ2n) is 0.301. The summed E-state index contributed by atoms with van der Waals surface area (Å²) in [6.45, 7) is -1.39. The summed E-state index contributed by atoms with van der Waals surface area (Å²) in [5, 5.41) is 0. The smallest absolute Gasteiger partial charge is 0.155 e. The highest BCUT2D eigenvalue weighted by molar-refractivity contribution is 7.52. The average molecular weight is 128 g/mol. The van der Waals surface area contributed by atoms with Gasteiger partial charge in [-0.1, -0.05) is 0 Å². The predicted octanol–water partition coefficient (Wildman–Crippen LogP) is 0.350. The van der Waals surface area contributed by atoms with Gasteiger partial charge in [0.15, 0.2) is 0 Å². The van der Waals surface area contributed by atoms with Crippen molar-refractivity contribution in [2.45, 2.75) is 0 Å². The van der Waals surface area contributed by atoms with E-state index in [0.717, 1.165) is 0 Å². The van der Waals surface area contributed by atoms with Crippen LogP contribution in [0.1, 0.15) is 0 Å². The zero-order chi connectivity index (χ0) is 3.58. The van der Waals surface area contributed by atoms with Crippen LogP contribution in [-0.4, -0.2) is 16.7 Å². The Hall–Kier alpha value is 1.01. The zero-order valence-electron chi connectivity index (χ0n) is 1.83. The minimum absolute atomic E-state index is 1.39. The molecule has 0 rings (SSSR count). The van der Waals surface area contributed by atoms with Gasteiger partial charge in [0.05, 0.1) is 9.76 Å². The highest BCUT2D eigenvalue weighted by Gasteiger charge is 1.81. The first-order chi connectivity index (χ1) is 1.73. The Kier molecular flexibility index (Phi) is 2.84. The van der Waals surface area contributed by atoms with E-state index in [0.29, 0.717) is 0 Å². The molecule has 3 radical (unpaired) electrons. The number of halogens is 2. The van der Waals surface area contributed by atoms with Crippen LogP contribution in [0.3, 0.4) is 0 Å². The lowest BCUT2D eigenvalue weighted by Gasteiger charge is -1.68. The van der Waals surface area contributed by atoms with E-state index in [-0.39, 0.29) is 0 Å². The van der Waals surface area contributed by atoms with Crippen molar-refractivity contribution in [2.24, 2.45) is 0 Å². The third kappa shape index (κ3) is 11.9. The van der Waals surface area contributed by atoms with Gasteiger partial charge in [0.25, 0.3) is 0 Å². The molecule has 0 aromatic heterocycles. The van der Waals surface area contributed by atoms with Crippen molar-refractivity contribution < 1.29 is 0 Å². The molecule has 0 heterocycles. The lowest BCUT2D eigenvalue weighted by Crippen LogP contribution is -1.85. The van der Waals surface area contributed by atoms with Crippen LogP contribution < -0.4 is 0 Å². The molecular weight excluding hydrogens is 127 g/mol. The maximum absolute atomic E-state index is 5.09. The standard InChI is InChI=1S/Cl2HSi2/c1-4(2)3/h4H. The number of hydrogen-bond acceptors (Lipinski definition) is 0. The fourth-order valence-corrected chi connectivity index (χ4v) is 0. The molecule has 0 aromatic rings. The van der Waals surface area contributed by atoms with Crippen molar-refractivity contribution in [2.75, 3.05) is 0 Å². The topological polar surface area (TPSA) is 0 Å². The summed E-state index contributed by atoms with van der Waals surface area (Å²) in [5.41, 5.74) is 0. The van der Waals surface area contributed by atoms with Crippen LogP contribution in [0.4, 0.5) is 0 Å². The third-order valence-corrected chi connectivity index (χ3v) is 0. The lowest BCUT2D eigenvalue weighted by molar-refractivity contribution is 4.05. The first-order valence-electron chi connectivity index (χ1n) is 0.725. The van der Waals surface area contributed by atoms with E-state index in [9.17, 15) is 0 Å². The molecule has 0 N–H and O–H groups in total. The molecule has 0 saturated carbocycles. The number of rotatable bonds is 0. The predicted molar refractivity (Wildman–Crippen MR) is 24.6 cm³/mol. The first-order valence-corrected chi connectivity index (χ1v) is 6.53. The van der Waals surface area contributed by atoms with E-state index in [1.54, 1.807) is 0 Å². The Balaban J connectivity index is 2.32. The van der Waals surface area contributed by atoms with Crippen molar-refractivity contribution >= 4 is 38.9 Å². The van der Waals surface area contributed by atoms with E-state index in [4.69, 9.17) is 22.2 Å². The fourth-order valence-electron chi connectivity index (χ4n) is 0. The maximum atomic E-state index is 5.09. The Labute approximate surface area is 39.3 Å². The van der Waals surface area contributed by atoms with Crippen LogP contribution in [0.2, 0.25) is 0 Å². The molecule has 0 nitrogen and oxygen atoms in total. The van der Waals surface area contributed by atoms with Gasteiger partial charge in [0.1, 0.15) is 0 Å². The van der Waals surface area contributed by atoms with Crippen molar-refractivity contribution in [3.63, 3.8) is 0 Å². The Morgan fingerprint density at radius 2 is 1.50 bits per heavy atom. The molecule has 0 atom stereocenters. The van der Waals surface area contributed by atoms with Gasteiger partial charge < -0.3 is 0 Å². The van der Waals surface area contributed by atoms with Gasteiger partial charge >= 0.3 is 0 Å². The van der Waals surface area contributed by atoms with E-state index in [1.807, 2.05) is 0 Å². The normalized spacial score (nSPS) is 9.00. The first kappa shape index (κ1) is 5.01. The minimum atomic E-state index is -1.39. The van der Waals surface area contributed by atoms with Crippen LogP contribution in [0.25, 0.3) is 0 Å². The summed E-state index contributed by atoms with van der Waals surface area (Å²) < 4.78 is 0. The largest absolute Gasteiger partial charge is 0.216 e. The van der Waals surface area contributed by atoms with E-state index in [1.165, 1.54) is 0 Å². The van der Waals surface area contributed by atoms with Crippen LogP contribution in [0, 0.1) is 0 Å². The highest BCUT2D eigenvalue weighted by Crippen LogP contribution is 1.83. The summed E-state index contributed by atoms with van der Waals surface area (Å²) in [7, 11) is 2.98.